The summed E-state index contributed by atoms with van der Waals surface area (Å²) in [6, 6.07) is 23.7. The summed E-state index contributed by atoms with van der Waals surface area (Å²) < 4.78 is 32.8. The molecule has 3 aromatic rings. The number of hydrogen-bond donors (Lipinski definition) is 0. The zero-order chi connectivity index (χ0) is 30.5. The number of hydrogen-bond acceptors (Lipinski definition) is 11. The van der Waals surface area contributed by atoms with Crippen LogP contribution in [0.15, 0.2) is 91.0 Å². The van der Waals surface area contributed by atoms with Crippen molar-refractivity contribution < 1.29 is 52.4 Å². The van der Waals surface area contributed by atoms with Gasteiger partial charge in [-0.05, 0) is 36.4 Å². The van der Waals surface area contributed by atoms with Gasteiger partial charge in [-0.3, -0.25) is 9.59 Å². The second kappa shape index (κ2) is 15.7. The average molecular weight is 579 g/mol. The molecule has 0 heterocycles. The molecule has 11 nitrogen and oxygen atoms in total. The van der Waals surface area contributed by atoms with Gasteiger partial charge in [-0.2, -0.15) is 0 Å². The van der Waals surface area contributed by atoms with Gasteiger partial charge in [0.25, 0.3) is 0 Å². The molecular formula is C31H30O11. The van der Waals surface area contributed by atoms with Crippen molar-refractivity contribution in [3.05, 3.63) is 108 Å². The summed E-state index contributed by atoms with van der Waals surface area (Å²) in [6.07, 6.45) is -6.56. The smallest absolute Gasteiger partial charge is 0.338 e. The second-order valence-electron chi connectivity index (χ2n) is 8.80. The molecule has 42 heavy (non-hydrogen) atoms. The molecular weight excluding hydrogens is 548 g/mol. The molecule has 0 unspecified atom stereocenters. The minimum absolute atomic E-state index is 0.111. The van der Waals surface area contributed by atoms with E-state index >= 15 is 0 Å². The molecule has 3 aromatic carbocycles. The fraction of sp³-hybridized carbons (Fsp3) is 0.258. The first kappa shape index (κ1) is 31.5. The number of carbonyl (C=O) groups is 5. The van der Waals surface area contributed by atoms with E-state index in [1.807, 2.05) is 0 Å². The first-order chi connectivity index (χ1) is 20.2. The van der Waals surface area contributed by atoms with Crippen LogP contribution in [0.25, 0.3) is 0 Å². The summed E-state index contributed by atoms with van der Waals surface area (Å²) in [5.41, 5.74) is 0.437. The number of ether oxygens (including phenoxy) is 6. The maximum atomic E-state index is 13.2. The highest BCUT2D eigenvalue weighted by molar-refractivity contribution is 5.91. The Morgan fingerprint density at radius 2 is 0.952 bits per heavy atom. The third kappa shape index (κ3) is 9.27. The van der Waals surface area contributed by atoms with Gasteiger partial charge in [-0.1, -0.05) is 54.6 Å². The average Bonchev–Trinajstić information content (AvgIpc) is 3.00. The van der Waals surface area contributed by atoms with Crippen LogP contribution in [0.2, 0.25) is 0 Å². The molecule has 0 aromatic heterocycles. The van der Waals surface area contributed by atoms with E-state index in [0.717, 1.165) is 13.8 Å². The molecule has 0 aliphatic heterocycles. The highest BCUT2D eigenvalue weighted by atomic mass is 16.7. The lowest BCUT2D eigenvalue weighted by atomic mass is 10.1. The Morgan fingerprint density at radius 3 is 1.36 bits per heavy atom. The lowest BCUT2D eigenvalue weighted by molar-refractivity contribution is -0.220. The molecule has 220 valence electrons. The first-order valence-corrected chi connectivity index (χ1v) is 12.8. The van der Waals surface area contributed by atoms with E-state index in [1.54, 1.807) is 54.6 Å². The zero-order valence-corrected chi connectivity index (χ0v) is 23.2. The van der Waals surface area contributed by atoms with Crippen LogP contribution in [0.4, 0.5) is 0 Å². The quantitative estimate of drug-likeness (QED) is 0.166. The molecule has 0 amide bonds. The Bertz CT molecular complexity index is 1340. The van der Waals surface area contributed by atoms with Crippen LogP contribution in [0.1, 0.15) is 44.9 Å². The Kier molecular flexibility index (Phi) is 11.8. The monoisotopic (exact) mass is 578 g/mol. The van der Waals surface area contributed by atoms with Gasteiger partial charge < -0.3 is 28.4 Å². The lowest BCUT2D eigenvalue weighted by Crippen LogP contribution is -2.53. The summed E-state index contributed by atoms with van der Waals surface area (Å²) in [7, 11) is 1.17. The number of rotatable bonds is 13. The normalized spacial score (nSPS) is 13.4. The maximum absolute atomic E-state index is 13.2. The molecule has 0 radical (unpaired) electrons. The Hall–Kier alpha value is -5.03. The molecule has 4 atom stereocenters. The van der Waals surface area contributed by atoms with Crippen molar-refractivity contribution in [1.29, 1.82) is 0 Å². The van der Waals surface area contributed by atoms with Crippen LogP contribution < -0.4 is 0 Å². The number of carbonyl (C=O) groups excluding carboxylic acids is 5. The topological polar surface area (TPSA) is 141 Å². The third-order valence-electron chi connectivity index (χ3n) is 5.68. The van der Waals surface area contributed by atoms with Gasteiger partial charge in [0.2, 0.25) is 12.4 Å². The Morgan fingerprint density at radius 1 is 0.548 bits per heavy atom. The van der Waals surface area contributed by atoms with Crippen LogP contribution in [-0.4, -0.2) is 68.2 Å². The third-order valence-corrected chi connectivity index (χ3v) is 5.68. The van der Waals surface area contributed by atoms with Gasteiger partial charge in [0.05, 0.1) is 16.7 Å². The molecule has 11 heteroatoms. The summed E-state index contributed by atoms with van der Waals surface area (Å²) in [5.74, 6) is -4.19. The summed E-state index contributed by atoms with van der Waals surface area (Å²) in [6.45, 7) is 1.56. The van der Waals surface area contributed by atoms with Gasteiger partial charge in [-0.25, -0.2) is 14.4 Å². The molecule has 3 rings (SSSR count). The zero-order valence-electron chi connectivity index (χ0n) is 23.2. The molecule has 0 aliphatic carbocycles. The Balaban J connectivity index is 2.04. The summed E-state index contributed by atoms with van der Waals surface area (Å²) >= 11 is 0. The van der Waals surface area contributed by atoms with Gasteiger partial charge in [-0.15, -0.1) is 0 Å². The van der Waals surface area contributed by atoms with Gasteiger partial charge >= 0.3 is 29.8 Å². The number of esters is 5. The van der Waals surface area contributed by atoms with E-state index in [9.17, 15) is 24.0 Å². The molecule has 0 fully saturated rings. The van der Waals surface area contributed by atoms with Crippen LogP contribution in [-0.2, 0) is 38.0 Å². The van der Waals surface area contributed by atoms with Crippen molar-refractivity contribution in [2.24, 2.45) is 0 Å². The van der Waals surface area contributed by atoms with Crippen molar-refractivity contribution in [2.75, 3.05) is 13.7 Å². The minimum Gasteiger partial charge on any atom is -0.458 e. The van der Waals surface area contributed by atoms with Gasteiger partial charge in [0.1, 0.15) is 6.61 Å². The van der Waals surface area contributed by atoms with Crippen LogP contribution in [0, 0.1) is 0 Å². The lowest BCUT2D eigenvalue weighted by Gasteiger charge is -2.35. The van der Waals surface area contributed by atoms with Crippen molar-refractivity contribution in [1.82, 2.24) is 0 Å². The fourth-order valence-corrected chi connectivity index (χ4v) is 3.80. The van der Waals surface area contributed by atoms with Crippen molar-refractivity contribution in [3.8, 4) is 0 Å². The van der Waals surface area contributed by atoms with E-state index in [2.05, 4.69) is 0 Å². The van der Waals surface area contributed by atoms with Crippen molar-refractivity contribution >= 4 is 29.8 Å². The fourth-order valence-electron chi connectivity index (χ4n) is 3.80. The molecule has 0 spiro atoms. The standard InChI is InChI=1S/C31H30O11/c1-20(32)39-25(19-38-28(34)22-13-7-4-8-14-22)26(41-29(35)23-15-9-5-10-16-23)27(31(37-3)40-21(2)33)42-30(36)24-17-11-6-12-18-24/h4-18,25-27,31H,19H2,1-3H3/t25-,26-,27-,31+/m0/s1. The predicted molar refractivity (Wildman–Crippen MR) is 146 cm³/mol. The van der Waals surface area contributed by atoms with Crippen molar-refractivity contribution in [2.45, 2.75) is 38.4 Å². The van der Waals surface area contributed by atoms with Crippen molar-refractivity contribution in [3.63, 3.8) is 0 Å². The SMILES string of the molecule is CO[C@H](OC(C)=O)[C@@H](OC(=O)c1ccccc1)[C@@H](OC(=O)c1ccccc1)[C@H](COC(=O)c1ccccc1)OC(C)=O. The second-order valence-corrected chi connectivity index (χ2v) is 8.80. The first-order valence-electron chi connectivity index (χ1n) is 12.8. The van der Waals surface area contributed by atoms with E-state index in [0.29, 0.717) is 0 Å². The van der Waals surface area contributed by atoms with Gasteiger partial charge in [0, 0.05) is 21.0 Å². The van der Waals surface area contributed by atoms with Gasteiger partial charge in [0.15, 0.2) is 12.2 Å². The van der Waals surface area contributed by atoms with E-state index in [4.69, 9.17) is 28.4 Å². The Labute approximate surface area is 242 Å². The minimum atomic E-state index is -1.70. The highest BCUT2D eigenvalue weighted by Crippen LogP contribution is 2.23. The molecule has 0 aliphatic rings. The largest absolute Gasteiger partial charge is 0.458 e. The number of benzene rings is 3. The van der Waals surface area contributed by atoms with Crippen LogP contribution in [0.5, 0.6) is 0 Å². The van der Waals surface area contributed by atoms with E-state index < -0.39 is 61.1 Å². The van der Waals surface area contributed by atoms with Crippen LogP contribution >= 0.6 is 0 Å². The molecule has 0 saturated heterocycles. The molecule has 0 N–H and O–H groups in total. The molecule has 0 bridgehead atoms. The summed E-state index contributed by atoms with van der Waals surface area (Å²) in [4.78, 5) is 63.3. The highest BCUT2D eigenvalue weighted by Gasteiger charge is 2.45. The van der Waals surface area contributed by atoms with Crippen LogP contribution in [0.3, 0.4) is 0 Å². The predicted octanol–water partition coefficient (Wildman–Crippen LogP) is 3.76. The van der Waals surface area contributed by atoms with E-state index in [1.165, 1.54) is 43.5 Å². The molecule has 0 saturated carbocycles. The summed E-state index contributed by atoms with van der Waals surface area (Å²) in [5, 5.41) is 0. The maximum Gasteiger partial charge on any atom is 0.338 e. The number of methoxy groups -OCH3 is 1. The van der Waals surface area contributed by atoms with E-state index in [-0.39, 0.29) is 16.7 Å².